The first-order valence-corrected chi connectivity index (χ1v) is 13.0. The Labute approximate surface area is 207 Å². The number of fused-ring (bicyclic) bond motifs is 10. The Kier molecular flexibility index (Phi) is 3.67. The number of benzene rings is 5. The van der Waals surface area contributed by atoms with Crippen LogP contribution in [0.5, 0.6) is 0 Å². The molecule has 0 bridgehead atoms. The van der Waals surface area contributed by atoms with Crippen LogP contribution in [0, 0.1) is 0 Å². The minimum atomic E-state index is -0.0806. The number of aromatic nitrogens is 1. The molecule has 2 heterocycles. The molecule has 166 valence electrons. The highest BCUT2D eigenvalue weighted by atomic mass is 32.1. The van der Waals surface area contributed by atoms with E-state index in [9.17, 15) is 0 Å². The van der Waals surface area contributed by atoms with Gasteiger partial charge < -0.3 is 4.57 Å². The summed E-state index contributed by atoms with van der Waals surface area (Å²) in [6.07, 6.45) is 0. The van der Waals surface area contributed by atoms with Crippen molar-refractivity contribution < 1.29 is 0 Å². The maximum Gasteiger partial charge on any atom is 0.0541 e. The predicted octanol–water partition coefficient (Wildman–Crippen LogP) is 9.46. The van der Waals surface area contributed by atoms with Crippen LogP contribution in [0.25, 0.3) is 58.8 Å². The van der Waals surface area contributed by atoms with Crippen LogP contribution >= 0.6 is 11.3 Å². The first-order chi connectivity index (χ1) is 17.1. The summed E-state index contributed by atoms with van der Waals surface area (Å²) in [5.41, 5.74) is 9.30. The van der Waals surface area contributed by atoms with Crippen LogP contribution in [-0.4, -0.2) is 4.57 Å². The first kappa shape index (κ1) is 19.4. The van der Waals surface area contributed by atoms with Crippen molar-refractivity contribution in [3.63, 3.8) is 0 Å². The second-order valence-corrected chi connectivity index (χ2v) is 11.3. The van der Waals surface area contributed by atoms with Gasteiger partial charge in [0.15, 0.2) is 0 Å². The van der Waals surface area contributed by atoms with Gasteiger partial charge in [0.25, 0.3) is 0 Å². The quantitative estimate of drug-likeness (QED) is 0.227. The number of para-hydroxylation sites is 2. The van der Waals surface area contributed by atoms with Crippen molar-refractivity contribution in [2.24, 2.45) is 0 Å². The van der Waals surface area contributed by atoms with Crippen molar-refractivity contribution >= 4 is 53.3 Å². The first-order valence-electron chi connectivity index (χ1n) is 12.2. The minimum Gasteiger partial charge on any atom is -0.309 e. The van der Waals surface area contributed by atoms with E-state index >= 15 is 0 Å². The SMILES string of the molecule is CC1(C)c2cc(-n3c4ccccc4c4ccccc43)ccc2-c2ccc3sc4ccccc4c3c21. The standard InChI is InChI=1S/C33H23NS/c1-33(2)26-19-20(34-27-12-6-3-9-22(27)23-10-4-7-13-28(23)34)15-16-21(26)24-17-18-30-31(32(24)33)25-11-5-8-14-29(25)35-30/h3-19H,1-2H3. The lowest BCUT2D eigenvalue weighted by atomic mass is 9.80. The van der Waals surface area contributed by atoms with E-state index in [2.05, 4.69) is 122 Å². The average Bonchev–Trinajstić information content (AvgIpc) is 3.50. The summed E-state index contributed by atoms with van der Waals surface area (Å²) in [5, 5.41) is 5.42. The number of nitrogens with zero attached hydrogens (tertiary/aromatic N) is 1. The molecule has 5 aromatic carbocycles. The van der Waals surface area contributed by atoms with Gasteiger partial charge in [-0.05, 0) is 58.7 Å². The summed E-state index contributed by atoms with van der Waals surface area (Å²) >= 11 is 1.91. The van der Waals surface area contributed by atoms with E-state index in [1.807, 2.05) is 11.3 Å². The van der Waals surface area contributed by atoms with E-state index in [0.29, 0.717) is 0 Å². The van der Waals surface area contributed by atoms with E-state index in [1.165, 1.54) is 69.9 Å². The molecular formula is C33H23NS. The summed E-state index contributed by atoms with van der Waals surface area (Å²) < 4.78 is 5.18. The molecule has 0 unspecified atom stereocenters. The molecule has 0 fully saturated rings. The Morgan fingerprint density at radius 2 is 1.23 bits per heavy atom. The molecule has 2 heteroatoms. The molecule has 1 aliphatic rings. The number of hydrogen-bond acceptors (Lipinski definition) is 1. The van der Waals surface area contributed by atoms with Gasteiger partial charge in [-0.2, -0.15) is 0 Å². The van der Waals surface area contributed by atoms with E-state index in [0.717, 1.165) is 0 Å². The van der Waals surface area contributed by atoms with E-state index in [4.69, 9.17) is 0 Å². The molecule has 8 rings (SSSR count). The van der Waals surface area contributed by atoms with Crippen LogP contribution in [-0.2, 0) is 5.41 Å². The van der Waals surface area contributed by atoms with Crippen LogP contribution in [0.15, 0.2) is 103 Å². The fourth-order valence-corrected chi connectivity index (χ4v) is 7.56. The molecule has 1 nitrogen and oxygen atoms in total. The number of hydrogen-bond donors (Lipinski definition) is 0. The zero-order chi connectivity index (χ0) is 23.3. The van der Waals surface area contributed by atoms with Crippen molar-refractivity contribution in [2.75, 3.05) is 0 Å². The lowest BCUT2D eigenvalue weighted by Gasteiger charge is -2.23. The van der Waals surface area contributed by atoms with Crippen LogP contribution < -0.4 is 0 Å². The summed E-state index contributed by atoms with van der Waals surface area (Å²) in [6, 6.07) is 38.1. The Hall–Kier alpha value is -3.88. The van der Waals surface area contributed by atoms with Crippen LogP contribution in [0.1, 0.15) is 25.0 Å². The van der Waals surface area contributed by atoms with Gasteiger partial charge in [-0.25, -0.2) is 0 Å². The highest BCUT2D eigenvalue weighted by molar-refractivity contribution is 7.25. The van der Waals surface area contributed by atoms with Gasteiger partial charge in [-0.15, -0.1) is 11.3 Å². The molecule has 0 aliphatic heterocycles. The molecule has 0 N–H and O–H groups in total. The maximum absolute atomic E-state index is 2.44. The molecule has 0 spiro atoms. The summed E-state index contributed by atoms with van der Waals surface area (Å²) in [5.74, 6) is 0. The fraction of sp³-hybridized carbons (Fsp3) is 0.0909. The monoisotopic (exact) mass is 465 g/mol. The van der Waals surface area contributed by atoms with Gasteiger partial charge in [0, 0.05) is 42.0 Å². The van der Waals surface area contributed by atoms with E-state index < -0.39 is 0 Å². The van der Waals surface area contributed by atoms with Gasteiger partial charge in [-0.1, -0.05) is 80.6 Å². The van der Waals surface area contributed by atoms with Gasteiger partial charge in [0.1, 0.15) is 0 Å². The third kappa shape index (κ3) is 2.42. The van der Waals surface area contributed by atoms with Crippen molar-refractivity contribution in [3.8, 4) is 16.8 Å². The molecule has 1 aliphatic carbocycles. The number of thiophene rings is 1. The minimum absolute atomic E-state index is 0.0806. The normalized spacial score (nSPS) is 14.2. The van der Waals surface area contributed by atoms with Crippen molar-refractivity contribution in [2.45, 2.75) is 19.3 Å². The third-order valence-corrected chi connectivity index (χ3v) is 9.11. The molecular weight excluding hydrogens is 442 g/mol. The van der Waals surface area contributed by atoms with Crippen molar-refractivity contribution in [1.82, 2.24) is 4.57 Å². The topological polar surface area (TPSA) is 4.93 Å². The smallest absolute Gasteiger partial charge is 0.0541 e. The zero-order valence-electron chi connectivity index (χ0n) is 19.7. The van der Waals surface area contributed by atoms with E-state index in [1.54, 1.807) is 0 Å². The lowest BCUT2D eigenvalue weighted by molar-refractivity contribution is 0.666. The molecule has 0 radical (unpaired) electrons. The third-order valence-electron chi connectivity index (χ3n) is 7.97. The second kappa shape index (κ2) is 6.62. The van der Waals surface area contributed by atoms with Gasteiger partial charge >= 0.3 is 0 Å². The van der Waals surface area contributed by atoms with E-state index in [-0.39, 0.29) is 5.41 Å². The molecule has 0 saturated heterocycles. The van der Waals surface area contributed by atoms with Gasteiger partial charge in [0.2, 0.25) is 0 Å². The van der Waals surface area contributed by atoms with Gasteiger partial charge in [0.05, 0.1) is 11.0 Å². The summed E-state index contributed by atoms with van der Waals surface area (Å²) in [4.78, 5) is 0. The highest BCUT2D eigenvalue weighted by Crippen LogP contribution is 2.54. The zero-order valence-corrected chi connectivity index (χ0v) is 20.5. The molecule has 0 atom stereocenters. The molecule has 7 aromatic rings. The molecule has 2 aromatic heterocycles. The summed E-state index contributed by atoms with van der Waals surface area (Å²) in [7, 11) is 0. The highest BCUT2D eigenvalue weighted by Gasteiger charge is 2.38. The van der Waals surface area contributed by atoms with Crippen molar-refractivity contribution in [3.05, 3.63) is 114 Å². The van der Waals surface area contributed by atoms with Crippen LogP contribution in [0.4, 0.5) is 0 Å². The Bertz CT molecular complexity index is 1930. The van der Waals surface area contributed by atoms with Gasteiger partial charge in [-0.3, -0.25) is 0 Å². The number of rotatable bonds is 1. The second-order valence-electron chi connectivity index (χ2n) is 10.2. The lowest BCUT2D eigenvalue weighted by Crippen LogP contribution is -2.15. The Morgan fingerprint density at radius 1 is 0.600 bits per heavy atom. The Morgan fingerprint density at radius 3 is 1.97 bits per heavy atom. The molecule has 0 amide bonds. The van der Waals surface area contributed by atoms with Crippen LogP contribution in [0.2, 0.25) is 0 Å². The summed E-state index contributed by atoms with van der Waals surface area (Å²) in [6.45, 7) is 4.80. The van der Waals surface area contributed by atoms with Crippen LogP contribution in [0.3, 0.4) is 0 Å². The average molecular weight is 466 g/mol. The van der Waals surface area contributed by atoms with Crippen molar-refractivity contribution in [1.29, 1.82) is 0 Å². The predicted molar refractivity (Wildman–Crippen MR) is 151 cm³/mol. The fourth-order valence-electron chi connectivity index (χ4n) is 6.45. The molecule has 0 saturated carbocycles. The maximum atomic E-state index is 2.44. The largest absolute Gasteiger partial charge is 0.309 e. The molecule has 35 heavy (non-hydrogen) atoms. The Balaban J connectivity index is 1.43.